The Labute approximate surface area is 116 Å². The fourth-order valence-electron chi connectivity index (χ4n) is 2.73. The smallest absolute Gasteiger partial charge is 0.0195 e. The molecular weight excluding hydrogens is 240 g/mol. The molecule has 1 heterocycles. The first-order valence-corrected chi connectivity index (χ1v) is 7.42. The maximum absolute atomic E-state index is 4.54. The minimum atomic E-state index is 0.542. The van der Waals surface area contributed by atoms with Crippen LogP contribution in [-0.2, 0) is 0 Å². The molecule has 1 fully saturated rings. The van der Waals surface area contributed by atoms with E-state index in [1.807, 2.05) is 0 Å². The van der Waals surface area contributed by atoms with E-state index in [-0.39, 0.29) is 0 Å². The van der Waals surface area contributed by atoms with E-state index in [0.717, 1.165) is 12.3 Å². The van der Waals surface area contributed by atoms with E-state index in [9.17, 15) is 0 Å². The number of hydrogen-bond donors (Lipinski definition) is 1. The molecule has 3 heteroatoms. The second kappa shape index (κ2) is 6.60. The van der Waals surface area contributed by atoms with E-state index < -0.39 is 0 Å². The highest BCUT2D eigenvalue weighted by atomic mass is 32.1. The molecule has 0 aromatic heterocycles. The second-order valence-electron chi connectivity index (χ2n) is 5.40. The van der Waals surface area contributed by atoms with Gasteiger partial charge in [-0.3, -0.25) is 4.90 Å². The first-order chi connectivity index (χ1) is 8.70. The number of piperazine rings is 1. The average molecular weight is 264 g/mol. The normalized spacial score (nSPS) is 24.1. The summed E-state index contributed by atoms with van der Waals surface area (Å²) in [6.07, 6.45) is 0. The molecule has 1 aromatic rings. The summed E-state index contributed by atoms with van der Waals surface area (Å²) >= 11 is 4.54. The lowest BCUT2D eigenvalue weighted by Crippen LogP contribution is -2.51. The van der Waals surface area contributed by atoms with Crippen molar-refractivity contribution in [2.24, 2.45) is 0 Å². The Balaban J connectivity index is 1.98. The zero-order valence-corrected chi connectivity index (χ0v) is 12.3. The molecule has 0 spiro atoms. The van der Waals surface area contributed by atoms with Crippen LogP contribution in [0.2, 0.25) is 0 Å². The molecule has 0 radical (unpaired) electrons. The molecule has 0 saturated carbocycles. The van der Waals surface area contributed by atoms with Crippen molar-refractivity contribution in [1.82, 2.24) is 9.80 Å². The van der Waals surface area contributed by atoms with Gasteiger partial charge >= 0.3 is 0 Å². The highest BCUT2D eigenvalue weighted by molar-refractivity contribution is 7.80. The summed E-state index contributed by atoms with van der Waals surface area (Å²) in [5.74, 6) is 1.46. The van der Waals surface area contributed by atoms with Gasteiger partial charge < -0.3 is 4.90 Å². The minimum absolute atomic E-state index is 0.542. The molecule has 18 heavy (non-hydrogen) atoms. The van der Waals surface area contributed by atoms with Crippen molar-refractivity contribution in [3.8, 4) is 0 Å². The van der Waals surface area contributed by atoms with Crippen LogP contribution in [0.3, 0.4) is 0 Å². The third-order valence-corrected chi connectivity index (χ3v) is 4.36. The van der Waals surface area contributed by atoms with Gasteiger partial charge in [0.15, 0.2) is 0 Å². The van der Waals surface area contributed by atoms with Gasteiger partial charge in [-0.15, -0.1) is 0 Å². The quantitative estimate of drug-likeness (QED) is 0.834. The summed E-state index contributed by atoms with van der Waals surface area (Å²) in [6.45, 7) is 6.99. The Morgan fingerprint density at radius 1 is 1.28 bits per heavy atom. The van der Waals surface area contributed by atoms with Crippen LogP contribution >= 0.6 is 12.6 Å². The molecule has 1 aliphatic rings. The summed E-state index contributed by atoms with van der Waals surface area (Å²) in [7, 11) is 2.21. The summed E-state index contributed by atoms with van der Waals surface area (Å²) in [6, 6.07) is 11.4. The van der Waals surface area contributed by atoms with Gasteiger partial charge in [-0.25, -0.2) is 0 Å². The Kier molecular flexibility index (Phi) is 5.10. The van der Waals surface area contributed by atoms with Gasteiger partial charge in [-0.1, -0.05) is 30.3 Å². The molecule has 1 aliphatic heterocycles. The first-order valence-electron chi connectivity index (χ1n) is 6.79. The van der Waals surface area contributed by atoms with Gasteiger partial charge in [0.25, 0.3) is 0 Å². The lowest BCUT2D eigenvalue weighted by Gasteiger charge is -2.39. The summed E-state index contributed by atoms with van der Waals surface area (Å²) in [4.78, 5) is 5.02. The third-order valence-electron chi connectivity index (χ3n) is 3.91. The second-order valence-corrected chi connectivity index (χ2v) is 5.76. The van der Waals surface area contributed by atoms with Crippen LogP contribution in [0.5, 0.6) is 0 Å². The number of likely N-dealkylation sites (N-methyl/N-ethyl adjacent to an activating group) is 1. The predicted octanol–water partition coefficient (Wildman–Crippen LogP) is 2.34. The molecule has 1 saturated heterocycles. The predicted molar refractivity (Wildman–Crippen MR) is 81.6 cm³/mol. The van der Waals surface area contributed by atoms with E-state index in [4.69, 9.17) is 0 Å². The van der Waals surface area contributed by atoms with E-state index in [1.54, 1.807) is 0 Å². The van der Waals surface area contributed by atoms with E-state index >= 15 is 0 Å². The molecule has 2 rings (SSSR count). The lowest BCUT2D eigenvalue weighted by atomic mass is 9.99. The van der Waals surface area contributed by atoms with E-state index in [1.165, 1.54) is 25.2 Å². The van der Waals surface area contributed by atoms with Gasteiger partial charge in [0.1, 0.15) is 0 Å². The van der Waals surface area contributed by atoms with Crippen LogP contribution in [0, 0.1) is 0 Å². The van der Waals surface area contributed by atoms with Gasteiger partial charge in [0.2, 0.25) is 0 Å². The van der Waals surface area contributed by atoms with Crippen molar-refractivity contribution in [3.63, 3.8) is 0 Å². The Morgan fingerprint density at radius 2 is 2.00 bits per heavy atom. The molecule has 0 amide bonds. The molecule has 1 aromatic carbocycles. The monoisotopic (exact) mass is 264 g/mol. The van der Waals surface area contributed by atoms with Crippen molar-refractivity contribution in [1.29, 1.82) is 0 Å². The highest BCUT2D eigenvalue weighted by Crippen LogP contribution is 2.20. The third kappa shape index (κ3) is 3.50. The summed E-state index contributed by atoms with van der Waals surface area (Å²) in [5.41, 5.74) is 1.42. The number of thiol groups is 1. The van der Waals surface area contributed by atoms with Crippen molar-refractivity contribution in [3.05, 3.63) is 35.9 Å². The first kappa shape index (κ1) is 13.9. The molecule has 100 valence electrons. The number of hydrogen-bond acceptors (Lipinski definition) is 3. The highest BCUT2D eigenvalue weighted by Gasteiger charge is 2.24. The number of rotatable bonds is 4. The Morgan fingerprint density at radius 3 is 2.61 bits per heavy atom. The van der Waals surface area contributed by atoms with Crippen LogP contribution in [0.1, 0.15) is 18.4 Å². The van der Waals surface area contributed by atoms with Gasteiger partial charge in [-0.2, -0.15) is 12.6 Å². The Hall–Kier alpha value is -0.510. The number of benzene rings is 1. The van der Waals surface area contributed by atoms with Crippen molar-refractivity contribution in [2.75, 3.05) is 39.0 Å². The maximum Gasteiger partial charge on any atom is 0.0195 e. The molecular formula is C15H24N2S. The van der Waals surface area contributed by atoms with Crippen LogP contribution in [0.25, 0.3) is 0 Å². The average Bonchev–Trinajstić information content (AvgIpc) is 2.39. The standard InChI is InChI=1S/C15H24N2S/c1-13-10-16(2)8-9-17(13)11-15(12-18)14-6-4-3-5-7-14/h3-7,13,15,18H,8-12H2,1-2H3. The van der Waals surface area contributed by atoms with Crippen LogP contribution < -0.4 is 0 Å². The van der Waals surface area contributed by atoms with Crippen molar-refractivity contribution >= 4 is 12.6 Å². The summed E-state index contributed by atoms with van der Waals surface area (Å²) in [5, 5.41) is 0. The van der Waals surface area contributed by atoms with Gasteiger partial charge in [0, 0.05) is 38.1 Å². The zero-order chi connectivity index (χ0) is 13.0. The largest absolute Gasteiger partial charge is 0.304 e. The van der Waals surface area contributed by atoms with Gasteiger partial charge in [0.05, 0.1) is 0 Å². The molecule has 0 aliphatic carbocycles. The molecule has 0 bridgehead atoms. The molecule has 0 N–H and O–H groups in total. The fourth-order valence-corrected chi connectivity index (χ4v) is 3.05. The van der Waals surface area contributed by atoms with Crippen molar-refractivity contribution < 1.29 is 0 Å². The SMILES string of the molecule is CC1CN(C)CCN1CC(CS)c1ccccc1. The molecule has 2 unspecified atom stereocenters. The number of nitrogens with zero attached hydrogens (tertiary/aromatic N) is 2. The van der Waals surface area contributed by atoms with E-state index in [2.05, 4.69) is 66.7 Å². The van der Waals surface area contributed by atoms with E-state index in [0.29, 0.717) is 12.0 Å². The fraction of sp³-hybridized carbons (Fsp3) is 0.600. The minimum Gasteiger partial charge on any atom is -0.304 e. The van der Waals surface area contributed by atoms with Crippen molar-refractivity contribution in [2.45, 2.75) is 18.9 Å². The molecule has 2 atom stereocenters. The van der Waals surface area contributed by atoms with Crippen LogP contribution in [0.15, 0.2) is 30.3 Å². The lowest BCUT2D eigenvalue weighted by molar-refractivity contribution is 0.0960. The van der Waals surface area contributed by atoms with Crippen LogP contribution in [0.4, 0.5) is 0 Å². The topological polar surface area (TPSA) is 6.48 Å². The molecule has 2 nitrogen and oxygen atoms in total. The van der Waals surface area contributed by atoms with Crippen LogP contribution in [-0.4, -0.2) is 54.8 Å². The maximum atomic E-state index is 4.54. The Bertz CT molecular complexity index is 355. The summed E-state index contributed by atoms with van der Waals surface area (Å²) < 4.78 is 0. The zero-order valence-electron chi connectivity index (χ0n) is 11.4. The van der Waals surface area contributed by atoms with Gasteiger partial charge in [-0.05, 0) is 25.3 Å².